The van der Waals surface area contributed by atoms with Crippen LogP contribution in [0.1, 0.15) is 33.6 Å². The molecule has 19 heavy (non-hydrogen) atoms. The van der Waals surface area contributed by atoms with E-state index in [4.69, 9.17) is 5.73 Å². The molecule has 1 heterocycles. The number of piperazine rings is 1. The maximum Gasteiger partial charge on any atom is 0.234 e. The number of rotatable bonds is 7. The van der Waals surface area contributed by atoms with Crippen LogP contribution >= 0.6 is 0 Å². The zero-order valence-corrected chi connectivity index (χ0v) is 12.7. The van der Waals surface area contributed by atoms with E-state index >= 15 is 0 Å². The SMILES string of the molecule is CCCCNC(=O)CN1CCN(C(C)(C)CN)CC1. The number of carbonyl (C=O) groups excluding carboxylic acids is 1. The molecule has 5 nitrogen and oxygen atoms in total. The third-order valence-electron chi connectivity index (χ3n) is 3.95. The quantitative estimate of drug-likeness (QED) is 0.651. The van der Waals surface area contributed by atoms with E-state index in [1.807, 2.05) is 0 Å². The highest BCUT2D eigenvalue weighted by molar-refractivity contribution is 5.77. The first-order valence-corrected chi connectivity index (χ1v) is 7.43. The van der Waals surface area contributed by atoms with Crippen molar-refractivity contribution < 1.29 is 4.79 Å². The third-order valence-corrected chi connectivity index (χ3v) is 3.95. The maximum absolute atomic E-state index is 11.7. The minimum atomic E-state index is 0.0650. The highest BCUT2D eigenvalue weighted by Gasteiger charge is 2.28. The fourth-order valence-corrected chi connectivity index (χ4v) is 2.30. The number of nitrogens with one attached hydrogen (secondary N) is 1. The van der Waals surface area contributed by atoms with Crippen LogP contribution in [-0.2, 0) is 4.79 Å². The van der Waals surface area contributed by atoms with Gasteiger partial charge >= 0.3 is 0 Å². The summed E-state index contributed by atoms with van der Waals surface area (Å²) >= 11 is 0. The fraction of sp³-hybridized carbons (Fsp3) is 0.929. The summed E-state index contributed by atoms with van der Waals surface area (Å²) in [5.74, 6) is 0.153. The van der Waals surface area contributed by atoms with Gasteiger partial charge in [-0.2, -0.15) is 0 Å². The number of nitrogens with zero attached hydrogens (tertiary/aromatic N) is 2. The molecule has 0 aliphatic carbocycles. The summed E-state index contributed by atoms with van der Waals surface area (Å²) in [4.78, 5) is 16.4. The lowest BCUT2D eigenvalue weighted by atomic mass is 10.0. The minimum Gasteiger partial charge on any atom is -0.355 e. The molecule has 1 aliphatic heterocycles. The lowest BCUT2D eigenvalue weighted by molar-refractivity contribution is -0.122. The first kappa shape index (κ1) is 16.4. The molecule has 0 aromatic carbocycles. The molecular formula is C14H30N4O. The summed E-state index contributed by atoms with van der Waals surface area (Å²) < 4.78 is 0. The Labute approximate surface area is 117 Å². The molecule has 0 radical (unpaired) electrons. The van der Waals surface area contributed by atoms with Crippen molar-refractivity contribution in [3.8, 4) is 0 Å². The maximum atomic E-state index is 11.7. The number of hydrogen-bond acceptors (Lipinski definition) is 4. The zero-order chi connectivity index (χ0) is 14.3. The van der Waals surface area contributed by atoms with E-state index in [0.29, 0.717) is 13.1 Å². The van der Waals surface area contributed by atoms with E-state index in [2.05, 4.69) is 35.9 Å². The van der Waals surface area contributed by atoms with Gasteiger partial charge in [0.1, 0.15) is 0 Å². The molecule has 0 atom stereocenters. The van der Waals surface area contributed by atoms with Crippen molar-refractivity contribution in [2.45, 2.75) is 39.2 Å². The van der Waals surface area contributed by atoms with Gasteiger partial charge in [-0.3, -0.25) is 14.6 Å². The van der Waals surface area contributed by atoms with Crippen LogP contribution in [0.15, 0.2) is 0 Å². The zero-order valence-electron chi connectivity index (χ0n) is 12.7. The number of nitrogens with two attached hydrogens (primary N) is 1. The third kappa shape index (κ3) is 5.47. The van der Waals surface area contributed by atoms with Crippen molar-refractivity contribution >= 4 is 5.91 Å². The molecule has 1 saturated heterocycles. The molecule has 1 amide bonds. The molecule has 0 bridgehead atoms. The van der Waals surface area contributed by atoms with Crippen molar-refractivity contribution in [2.75, 3.05) is 45.8 Å². The molecular weight excluding hydrogens is 240 g/mol. The summed E-state index contributed by atoms with van der Waals surface area (Å²) in [7, 11) is 0. The van der Waals surface area contributed by atoms with E-state index in [0.717, 1.165) is 45.6 Å². The Morgan fingerprint density at radius 1 is 1.26 bits per heavy atom. The van der Waals surface area contributed by atoms with Gasteiger partial charge in [0, 0.05) is 44.8 Å². The van der Waals surface area contributed by atoms with Crippen molar-refractivity contribution in [3.05, 3.63) is 0 Å². The molecule has 1 aliphatic rings. The second-order valence-electron chi connectivity index (χ2n) is 5.98. The Morgan fingerprint density at radius 3 is 2.42 bits per heavy atom. The van der Waals surface area contributed by atoms with Crippen molar-refractivity contribution in [1.29, 1.82) is 0 Å². The van der Waals surface area contributed by atoms with E-state index in [1.165, 1.54) is 0 Å². The van der Waals surface area contributed by atoms with Gasteiger partial charge in [0.15, 0.2) is 0 Å². The predicted molar refractivity (Wildman–Crippen MR) is 79.1 cm³/mol. The second kappa shape index (κ2) is 7.82. The number of hydrogen-bond donors (Lipinski definition) is 2. The lowest BCUT2D eigenvalue weighted by Gasteiger charge is -2.43. The van der Waals surface area contributed by atoms with Gasteiger partial charge in [-0.15, -0.1) is 0 Å². The molecule has 3 N–H and O–H groups in total. The van der Waals surface area contributed by atoms with Crippen LogP contribution in [0.2, 0.25) is 0 Å². The van der Waals surface area contributed by atoms with Crippen LogP contribution in [0, 0.1) is 0 Å². The smallest absolute Gasteiger partial charge is 0.234 e. The highest BCUT2D eigenvalue weighted by Crippen LogP contribution is 2.15. The number of amides is 1. The molecule has 0 aromatic heterocycles. The van der Waals surface area contributed by atoms with E-state index in [1.54, 1.807) is 0 Å². The first-order valence-electron chi connectivity index (χ1n) is 7.43. The van der Waals surface area contributed by atoms with Gasteiger partial charge in [0.25, 0.3) is 0 Å². The summed E-state index contributed by atoms with van der Waals surface area (Å²) in [5.41, 5.74) is 5.87. The van der Waals surface area contributed by atoms with E-state index < -0.39 is 0 Å². The molecule has 0 unspecified atom stereocenters. The van der Waals surface area contributed by atoms with Gasteiger partial charge in [0.05, 0.1) is 6.54 Å². The van der Waals surface area contributed by atoms with Gasteiger partial charge in [-0.05, 0) is 20.3 Å². The van der Waals surface area contributed by atoms with E-state index in [9.17, 15) is 4.79 Å². The number of carbonyl (C=O) groups is 1. The Morgan fingerprint density at radius 2 is 1.89 bits per heavy atom. The Hall–Kier alpha value is -0.650. The fourth-order valence-electron chi connectivity index (χ4n) is 2.30. The Balaban J connectivity index is 2.25. The van der Waals surface area contributed by atoms with Crippen molar-refractivity contribution in [2.24, 2.45) is 5.73 Å². The summed E-state index contributed by atoms with van der Waals surface area (Å²) in [6.07, 6.45) is 2.18. The Bertz CT molecular complexity index is 273. The van der Waals surface area contributed by atoms with Crippen LogP contribution in [0.5, 0.6) is 0 Å². The van der Waals surface area contributed by atoms with E-state index in [-0.39, 0.29) is 11.4 Å². The summed E-state index contributed by atoms with van der Waals surface area (Å²) in [6.45, 7) is 12.4. The number of unbranched alkanes of at least 4 members (excludes halogenated alkanes) is 1. The van der Waals surface area contributed by atoms with Crippen LogP contribution in [0.25, 0.3) is 0 Å². The first-order chi connectivity index (χ1) is 8.99. The van der Waals surface area contributed by atoms with Crippen LogP contribution in [0.4, 0.5) is 0 Å². The normalized spacial score (nSPS) is 18.5. The Kier molecular flexibility index (Phi) is 6.75. The lowest BCUT2D eigenvalue weighted by Crippen LogP contribution is -2.58. The standard InChI is InChI=1S/C14H30N4O/c1-4-5-6-16-13(19)11-17-7-9-18(10-8-17)14(2,3)12-15/h4-12,15H2,1-3H3,(H,16,19). The molecule has 112 valence electrons. The monoisotopic (exact) mass is 270 g/mol. The topological polar surface area (TPSA) is 61.6 Å². The van der Waals surface area contributed by atoms with Crippen LogP contribution < -0.4 is 11.1 Å². The van der Waals surface area contributed by atoms with Crippen molar-refractivity contribution in [3.63, 3.8) is 0 Å². The molecule has 5 heteroatoms. The molecule has 0 spiro atoms. The average Bonchev–Trinajstić information content (AvgIpc) is 2.39. The molecule has 0 aromatic rings. The summed E-state index contributed by atoms with van der Waals surface area (Å²) in [5, 5.41) is 2.97. The van der Waals surface area contributed by atoms with Crippen molar-refractivity contribution in [1.82, 2.24) is 15.1 Å². The van der Waals surface area contributed by atoms with Crippen LogP contribution in [-0.4, -0.2) is 67.1 Å². The second-order valence-corrected chi connectivity index (χ2v) is 5.98. The predicted octanol–water partition coefficient (Wildman–Crippen LogP) is 0.258. The van der Waals surface area contributed by atoms with Gasteiger partial charge in [-0.1, -0.05) is 13.3 Å². The largest absolute Gasteiger partial charge is 0.355 e. The van der Waals surface area contributed by atoms with Gasteiger partial charge < -0.3 is 11.1 Å². The van der Waals surface area contributed by atoms with Gasteiger partial charge in [-0.25, -0.2) is 0 Å². The average molecular weight is 270 g/mol. The highest BCUT2D eigenvalue weighted by atomic mass is 16.2. The molecule has 1 fully saturated rings. The van der Waals surface area contributed by atoms with Crippen LogP contribution in [0.3, 0.4) is 0 Å². The molecule has 1 rings (SSSR count). The summed E-state index contributed by atoms with van der Waals surface area (Å²) in [6, 6.07) is 0. The molecule has 0 saturated carbocycles. The van der Waals surface area contributed by atoms with Gasteiger partial charge in [0.2, 0.25) is 5.91 Å². The minimum absolute atomic E-state index is 0.0650.